The Morgan fingerprint density at radius 1 is 0.881 bits per heavy atom. The number of rotatable bonds is 4. The van der Waals surface area contributed by atoms with Gasteiger partial charge in [-0.05, 0) is 96.0 Å². The van der Waals surface area contributed by atoms with Crippen molar-refractivity contribution in [3.63, 3.8) is 0 Å². The monoisotopic (exact) mass is 590 g/mol. The highest BCUT2D eigenvalue weighted by atomic mass is 19.4. The maximum Gasteiger partial charge on any atom is 0.420 e. The Kier molecular flexibility index (Phi) is 8.53. The second kappa shape index (κ2) is 11.5. The zero-order valence-corrected chi connectivity index (χ0v) is 24.7. The number of alkyl halides is 3. The van der Waals surface area contributed by atoms with Gasteiger partial charge >= 0.3 is 24.5 Å². The average molecular weight is 591 g/mol. The lowest BCUT2D eigenvalue weighted by molar-refractivity contribution is -0.137. The fraction of sp³-hybridized carbons (Fsp3) is 0.516. The summed E-state index contributed by atoms with van der Waals surface area (Å²) in [6.45, 7) is 9.80. The van der Waals surface area contributed by atoms with Crippen LogP contribution in [0.1, 0.15) is 71.1 Å². The summed E-state index contributed by atoms with van der Waals surface area (Å²) < 4.78 is 58.1. The summed E-state index contributed by atoms with van der Waals surface area (Å²) in [6, 6.07) is 10.1. The third kappa shape index (κ3) is 7.54. The minimum absolute atomic E-state index is 0.134. The molecule has 2 aromatic rings. The van der Waals surface area contributed by atoms with E-state index in [2.05, 4.69) is 0 Å². The molecule has 3 amide bonds. The van der Waals surface area contributed by atoms with Gasteiger partial charge in [0.05, 0.1) is 23.3 Å². The largest absolute Gasteiger partial charge is 0.444 e. The van der Waals surface area contributed by atoms with Crippen molar-refractivity contribution in [1.82, 2.24) is 4.90 Å². The van der Waals surface area contributed by atoms with E-state index in [1.54, 1.807) is 71.9 Å². The lowest BCUT2D eigenvalue weighted by Crippen LogP contribution is -2.62. The van der Waals surface area contributed by atoms with Gasteiger partial charge in [0, 0.05) is 0 Å². The van der Waals surface area contributed by atoms with Gasteiger partial charge in [-0.25, -0.2) is 19.3 Å². The highest BCUT2D eigenvalue weighted by molar-refractivity contribution is 5.93. The van der Waals surface area contributed by atoms with Crippen molar-refractivity contribution in [2.75, 3.05) is 4.90 Å². The molecule has 0 N–H and O–H groups in total. The van der Waals surface area contributed by atoms with Crippen molar-refractivity contribution >= 4 is 24.0 Å². The summed E-state index contributed by atoms with van der Waals surface area (Å²) in [4.78, 5) is 43.1. The van der Waals surface area contributed by atoms with Gasteiger partial charge in [-0.2, -0.15) is 13.2 Å². The van der Waals surface area contributed by atoms with E-state index in [1.165, 1.54) is 11.0 Å². The second-order valence-corrected chi connectivity index (χ2v) is 12.7. The molecule has 1 heterocycles. The Bertz CT molecular complexity index is 1310. The maximum absolute atomic E-state index is 13.7. The number of anilines is 1. The average Bonchev–Trinajstić information content (AvgIpc) is 3.69. The molecule has 0 radical (unpaired) electrons. The Morgan fingerprint density at radius 3 is 2.05 bits per heavy atom. The molecule has 0 aromatic heterocycles. The molecule has 42 heavy (non-hydrogen) atoms. The highest BCUT2D eigenvalue weighted by Crippen LogP contribution is 2.46. The van der Waals surface area contributed by atoms with Crippen LogP contribution in [0, 0.1) is 5.92 Å². The number of carbonyl (C=O) groups excluding carboxylic acids is 3. The molecule has 2 atom stereocenters. The van der Waals surface area contributed by atoms with Gasteiger partial charge in [-0.3, -0.25) is 4.90 Å². The molecule has 1 fully saturated rings. The fourth-order valence-corrected chi connectivity index (χ4v) is 5.02. The summed E-state index contributed by atoms with van der Waals surface area (Å²) >= 11 is 0. The van der Waals surface area contributed by atoms with E-state index in [0.717, 1.165) is 17.0 Å². The van der Waals surface area contributed by atoms with Crippen LogP contribution in [0.15, 0.2) is 48.5 Å². The first kappa shape index (κ1) is 31.2. The summed E-state index contributed by atoms with van der Waals surface area (Å²) in [5.41, 5.74) is -1.76. The van der Waals surface area contributed by atoms with Crippen LogP contribution in [0.5, 0.6) is 0 Å². The SMILES string of the molecule is CC(C)(C)OC(=O)N(C(=O)OCc1ccccc1)[C@@H]1Cc2cc(C(F)(F)F)ccc2N(C(=O)OC(C)(C)C)[C@@H]1C1CC1. The Labute approximate surface area is 243 Å². The number of nitrogens with zero attached hydrogens (tertiary/aromatic N) is 2. The molecule has 8 nitrogen and oxygen atoms in total. The Hall–Kier alpha value is -3.76. The molecule has 0 saturated heterocycles. The second-order valence-electron chi connectivity index (χ2n) is 12.7. The number of benzene rings is 2. The Morgan fingerprint density at radius 2 is 1.50 bits per heavy atom. The summed E-state index contributed by atoms with van der Waals surface area (Å²) in [5.74, 6) is -0.134. The highest BCUT2D eigenvalue weighted by Gasteiger charge is 2.53. The van der Waals surface area contributed by atoms with Crippen LogP contribution < -0.4 is 4.90 Å². The van der Waals surface area contributed by atoms with Gasteiger partial charge in [-0.1, -0.05) is 30.3 Å². The number of amides is 3. The maximum atomic E-state index is 13.7. The minimum Gasteiger partial charge on any atom is -0.444 e. The van der Waals surface area contributed by atoms with Crippen LogP contribution in [0.2, 0.25) is 0 Å². The topological polar surface area (TPSA) is 85.4 Å². The number of imide groups is 1. The minimum atomic E-state index is -4.64. The number of halogens is 3. The molecule has 228 valence electrons. The van der Waals surface area contributed by atoms with Crippen molar-refractivity contribution in [2.45, 2.75) is 96.9 Å². The summed E-state index contributed by atoms with van der Waals surface area (Å²) in [5, 5.41) is 0. The van der Waals surface area contributed by atoms with Crippen LogP contribution in [0.4, 0.5) is 33.2 Å². The van der Waals surface area contributed by atoms with Gasteiger partial charge in [0.15, 0.2) is 0 Å². The van der Waals surface area contributed by atoms with Crippen LogP contribution >= 0.6 is 0 Å². The molecular formula is C31H37F3N2O6. The lowest BCUT2D eigenvalue weighted by atomic mass is 9.87. The van der Waals surface area contributed by atoms with Crippen molar-refractivity contribution in [3.05, 3.63) is 65.2 Å². The molecule has 1 aliphatic heterocycles. The third-order valence-corrected chi connectivity index (χ3v) is 6.81. The molecule has 11 heteroatoms. The first-order valence-electron chi connectivity index (χ1n) is 13.9. The molecular weight excluding hydrogens is 553 g/mol. The fourth-order valence-electron chi connectivity index (χ4n) is 5.02. The summed E-state index contributed by atoms with van der Waals surface area (Å²) in [6.07, 6.45) is -6.23. The third-order valence-electron chi connectivity index (χ3n) is 6.81. The van der Waals surface area contributed by atoms with E-state index in [1.807, 2.05) is 0 Å². The molecule has 0 bridgehead atoms. The summed E-state index contributed by atoms with van der Waals surface area (Å²) in [7, 11) is 0. The first-order chi connectivity index (χ1) is 19.4. The smallest absolute Gasteiger partial charge is 0.420 e. The molecule has 1 aliphatic carbocycles. The van der Waals surface area contributed by atoms with E-state index in [-0.39, 0.29) is 30.2 Å². The standard InChI is InChI=1S/C31H37F3N2O6/c1-29(2,3)41-27(38)35-23-15-14-22(31(32,33)34)16-21(23)17-24(25(35)20-12-13-20)36(28(39)42-30(4,5)6)26(37)40-18-19-10-8-7-9-11-19/h7-11,14-16,20,24-25H,12-13,17-18H2,1-6H3/t24-,25-/m1/s1. The quantitative estimate of drug-likeness (QED) is 0.339. The van der Waals surface area contributed by atoms with Crippen LogP contribution in [0.25, 0.3) is 0 Å². The molecule has 2 aromatic carbocycles. The number of hydrogen-bond acceptors (Lipinski definition) is 6. The van der Waals surface area contributed by atoms with Gasteiger partial charge in [-0.15, -0.1) is 0 Å². The molecule has 0 unspecified atom stereocenters. The number of hydrogen-bond donors (Lipinski definition) is 0. The van der Waals surface area contributed by atoms with Crippen molar-refractivity contribution in [2.24, 2.45) is 5.92 Å². The van der Waals surface area contributed by atoms with E-state index >= 15 is 0 Å². The van der Waals surface area contributed by atoms with Crippen molar-refractivity contribution < 1.29 is 41.8 Å². The zero-order chi connectivity index (χ0) is 31.0. The van der Waals surface area contributed by atoms with E-state index in [9.17, 15) is 27.6 Å². The van der Waals surface area contributed by atoms with E-state index < -0.39 is 53.3 Å². The normalized spacial score (nSPS) is 19.0. The van der Waals surface area contributed by atoms with Crippen molar-refractivity contribution in [1.29, 1.82) is 0 Å². The van der Waals surface area contributed by atoms with Gasteiger partial charge in [0.25, 0.3) is 0 Å². The predicted molar refractivity (Wildman–Crippen MR) is 149 cm³/mol. The molecule has 1 saturated carbocycles. The first-order valence-corrected chi connectivity index (χ1v) is 13.9. The van der Waals surface area contributed by atoms with Gasteiger partial charge < -0.3 is 14.2 Å². The molecule has 4 rings (SSSR count). The molecule has 2 aliphatic rings. The van der Waals surface area contributed by atoms with Crippen LogP contribution in [-0.2, 0) is 33.4 Å². The van der Waals surface area contributed by atoms with E-state index in [0.29, 0.717) is 18.4 Å². The van der Waals surface area contributed by atoms with Gasteiger partial charge in [0.2, 0.25) is 0 Å². The lowest BCUT2D eigenvalue weighted by Gasteiger charge is -2.45. The van der Waals surface area contributed by atoms with Crippen LogP contribution in [0.3, 0.4) is 0 Å². The van der Waals surface area contributed by atoms with Crippen LogP contribution in [-0.4, -0.2) is 46.5 Å². The number of carbonyl (C=O) groups is 3. The zero-order valence-electron chi connectivity index (χ0n) is 24.7. The molecule has 0 spiro atoms. The predicted octanol–water partition coefficient (Wildman–Crippen LogP) is 7.72. The van der Waals surface area contributed by atoms with Crippen molar-refractivity contribution in [3.8, 4) is 0 Å². The van der Waals surface area contributed by atoms with E-state index in [4.69, 9.17) is 14.2 Å². The number of fused-ring (bicyclic) bond motifs is 1. The van der Waals surface area contributed by atoms with Gasteiger partial charge in [0.1, 0.15) is 17.8 Å². The number of ether oxygens (including phenoxy) is 3. The Balaban J connectivity index is 1.81.